The third-order valence-corrected chi connectivity index (χ3v) is 7.59. The second-order valence-electron chi connectivity index (χ2n) is 10.0. The van der Waals surface area contributed by atoms with Crippen LogP contribution in [0.25, 0.3) is 27.7 Å². The summed E-state index contributed by atoms with van der Waals surface area (Å²) in [5, 5.41) is 6.83. The molecule has 3 aromatic heterocycles. The summed E-state index contributed by atoms with van der Waals surface area (Å²) in [7, 11) is 2.12. The van der Waals surface area contributed by atoms with Gasteiger partial charge in [0.15, 0.2) is 5.65 Å². The molecule has 1 amide bonds. The van der Waals surface area contributed by atoms with Gasteiger partial charge in [0.1, 0.15) is 11.2 Å². The highest BCUT2D eigenvalue weighted by Gasteiger charge is 2.27. The Balaban J connectivity index is 1.51. The summed E-state index contributed by atoms with van der Waals surface area (Å²) >= 11 is 0. The van der Waals surface area contributed by atoms with E-state index in [2.05, 4.69) is 37.4 Å². The van der Waals surface area contributed by atoms with Gasteiger partial charge in [0.05, 0.1) is 16.4 Å². The van der Waals surface area contributed by atoms with E-state index in [-0.39, 0.29) is 29.0 Å². The second kappa shape index (κ2) is 9.18. The highest BCUT2D eigenvalue weighted by Crippen LogP contribution is 2.24. The molecule has 2 fully saturated rings. The van der Waals surface area contributed by atoms with Crippen LogP contribution in [0.3, 0.4) is 0 Å². The van der Waals surface area contributed by atoms with Crippen LogP contribution in [0.15, 0.2) is 35.3 Å². The molecule has 0 saturated carbocycles. The number of imidazole rings is 1. The number of rotatable bonds is 4. The minimum Gasteiger partial charge on any atom is -0.348 e. The first kappa shape index (κ1) is 22.9. The number of nitrogens with zero attached hydrogens (tertiary/aromatic N) is 5. The molecule has 6 rings (SSSR count). The summed E-state index contributed by atoms with van der Waals surface area (Å²) in [6, 6.07) is 7.89. The van der Waals surface area contributed by atoms with Gasteiger partial charge in [-0.1, -0.05) is 12.1 Å². The maximum atomic E-state index is 13.7. The maximum Gasteiger partial charge on any atom is 0.259 e. The molecule has 36 heavy (non-hydrogen) atoms. The van der Waals surface area contributed by atoms with Crippen LogP contribution in [-0.4, -0.2) is 82.0 Å². The Morgan fingerprint density at radius 3 is 2.86 bits per heavy atom. The van der Waals surface area contributed by atoms with Crippen molar-refractivity contribution in [1.82, 2.24) is 34.9 Å². The Kier molecular flexibility index (Phi) is 5.85. The molecule has 188 valence electrons. The molecule has 2 aliphatic heterocycles. The zero-order chi connectivity index (χ0) is 24.8. The number of pyridine rings is 1. The largest absolute Gasteiger partial charge is 0.348 e. The standard InChI is InChI=1S/C26H32N8O2/c1-16(18-8-5-10-27-18)29-25(36)21-22(35)17-15-28-26(33-12-6-11-32(2)13-14-33)31-23(17)34-20-9-4-3-7-19(20)30-24(21)34/h3-4,7,9,15-16,18,27,30H,5-6,8,10-14H2,1-2H3,(H,29,36). The third-order valence-electron chi connectivity index (χ3n) is 7.59. The number of hydrogen-bond acceptors (Lipinski definition) is 7. The van der Waals surface area contributed by atoms with Crippen molar-refractivity contribution in [2.45, 2.75) is 38.3 Å². The van der Waals surface area contributed by atoms with Crippen LogP contribution in [0.1, 0.15) is 36.5 Å². The van der Waals surface area contributed by atoms with Gasteiger partial charge in [0.25, 0.3) is 5.91 Å². The number of carbonyl (C=O) groups excluding carboxylic acids is 1. The first-order valence-corrected chi connectivity index (χ1v) is 12.8. The molecule has 0 spiro atoms. The van der Waals surface area contributed by atoms with Crippen molar-refractivity contribution in [3.8, 4) is 0 Å². The molecule has 1 aromatic carbocycles. The minimum atomic E-state index is -0.383. The zero-order valence-electron chi connectivity index (χ0n) is 20.8. The van der Waals surface area contributed by atoms with Gasteiger partial charge in [-0.05, 0) is 58.5 Å². The van der Waals surface area contributed by atoms with Crippen LogP contribution >= 0.6 is 0 Å². The van der Waals surface area contributed by atoms with Gasteiger partial charge < -0.3 is 25.4 Å². The number of benzene rings is 1. The second-order valence-corrected chi connectivity index (χ2v) is 10.0. The molecule has 0 bridgehead atoms. The molecule has 0 radical (unpaired) electrons. The molecule has 3 N–H and O–H groups in total. The van der Waals surface area contributed by atoms with Crippen LogP contribution in [0.2, 0.25) is 0 Å². The number of aromatic nitrogens is 4. The van der Waals surface area contributed by atoms with Crippen molar-refractivity contribution in [2.75, 3.05) is 44.7 Å². The number of amides is 1. The normalized spacial score (nSPS) is 20.3. The number of nitrogens with one attached hydrogen (secondary N) is 3. The van der Waals surface area contributed by atoms with Gasteiger partial charge >= 0.3 is 0 Å². The average molecular weight is 489 g/mol. The molecule has 2 unspecified atom stereocenters. The summed E-state index contributed by atoms with van der Waals surface area (Å²) < 4.78 is 1.90. The SMILES string of the molecule is CC(NC(=O)c1c(=O)c2cnc(N3CCCN(C)CC3)nc2n2c1[nH]c1ccccc12)C1CCCN1. The van der Waals surface area contributed by atoms with E-state index >= 15 is 0 Å². The molecule has 10 heteroatoms. The Hall–Kier alpha value is -3.50. The van der Waals surface area contributed by atoms with E-state index in [1.807, 2.05) is 35.6 Å². The van der Waals surface area contributed by atoms with E-state index in [0.717, 1.165) is 63.0 Å². The lowest BCUT2D eigenvalue weighted by atomic mass is 10.1. The van der Waals surface area contributed by atoms with Crippen molar-refractivity contribution in [1.29, 1.82) is 0 Å². The molecule has 10 nitrogen and oxygen atoms in total. The molecule has 5 heterocycles. The van der Waals surface area contributed by atoms with Crippen molar-refractivity contribution in [2.24, 2.45) is 0 Å². The Morgan fingerprint density at radius 2 is 2.03 bits per heavy atom. The van der Waals surface area contributed by atoms with Gasteiger partial charge in [-0.25, -0.2) is 4.98 Å². The number of para-hydroxylation sites is 2. The van der Waals surface area contributed by atoms with Crippen molar-refractivity contribution >= 4 is 39.6 Å². The maximum absolute atomic E-state index is 13.7. The fourth-order valence-corrected chi connectivity index (χ4v) is 5.54. The van der Waals surface area contributed by atoms with Gasteiger partial charge in [-0.15, -0.1) is 0 Å². The average Bonchev–Trinajstić information content (AvgIpc) is 3.49. The van der Waals surface area contributed by atoms with E-state index < -0.39 is 0 Å². The van der Waals surface area contributed by atoms with Crippen LogP contribution in [0, 0.1) is 0 Å². The quantitative estimate of drug-likeness (QED) is 0.401. The van der Waals surface area contributed by atoms with Crippen molar-refractivity contribution in [3.63, 3.8) is 0 Å². The molecule has 0 aliphatic carbocycles. The summed E-state index contributed by atoms with van der Waals surface area (Å²) in [6.07, 6.45) is 4.70. The number of anilines is 1. The van der Waals surface area contributed by atoms with Crippen LogP contribution < -0.4 is 21.0 Å². The number of hydrogen-bond donors (Lipinski definition) is 3. The van der Waals surface area contributed by atoms with E-state index in [1.54, 1.807) is 6.20 Å². The molecule has 2 atom stereocenters. The van der Waals surface area contributed by atoms with Crippen LogP contribution in [-0.2, 0) is 0 Å². The van der Waals surface area contributed by atoms with Gasteiger partial charge in [0, 0.05) is 37.9 Å². The number of carbonyl (C=O) groups is 1. The van der Waals surface area contributed by atoms with E-state index in [1.165, 1.54) is 0 Å². The lowest BCUT2D eigenvalue weighted by molar-refractivity contribution is 0.0933. The topological polar surface area (TPSA) is 111 Å². The van der Waals surface area contributed by atoms with E-state index in [9.17, 15) is 9.59 Å². The number of H-pyrrole nitrogens is 1. The molecule has 2 aliphatic rings. The summed E-state index contributed by atoms with van der Waals surface area (Å²) in [5.74, 6) is 0.223. The Labute approximate surface area is 208 Å². The predicted molar refractivity (Wildman–Crippen MR) is 141 cm³/mol. The summed E-state index contributed by atoms with van der Waals surface area (Å²) in [6.45, 7) is 6.57. The van der Waals surface area contributed by atoms with Gasteiger partial charge in [0.2, 0.25) is 11.4 Å². The molecule has 2 saturated heterocycles. The van der Waals surface area contributed by atoms with Crippen molar-refractivity contribution in [3.05, 3.63) is 46.2 Å². The van der Waals surface area contributed by atoms with E-state index in [4.69, 9.17) is 4.98 Å². The number of fused-ring (bicyclic) bond motifs is 5. The summed E-state index contributed by atoms with van der Waals surface area (Å²) in [4.78, 5) is 44.5. The van der Waals surface area contributed by atoms with Crippen molar-refractivity contribution < 1.29 is 4.79 Å². The lowest BCUT2D eigenvalue weighted by Gasteiger charge is -2.21. The first-order valence-electron chi connectivity index (χ1n) is 12.8. The van der Waals surface area contributed by atoms with Gasteiger partial charge in [-0.3, -0.25) is 14.0 Å². The Morgan fingerprint density at radius 1 is 1.17 bits per heavy atom. The lowest BCUT2D eigenvalue weighted by Crippen LogP contribution is -2.46. The Bertz CT molecular complexity index is 1500. The van der Waals surface area contributed by atoms with Gasteiger partial charge in [-0.2, -0.15) is 4.98 Å². The smallest absolute Gasteiger partial charge is 0.259 e. The monoisotopic (exact) mass is 488 g/mol. The van der Waals surface area contributed by atoms with Crippen LogP contribution in [0.4, 0.5) is 5.95 Å². The fourth-order valence-electron chi connectivity index (χ4n) is 5.54. The highest BCUT2D eigenvalue weighted by atomic mass is 16.2. The minimum absolute atomic E-state index is 0.0938. The third kappa shape index (κ3) is 3.90. The first-order chi connectivity index (χ1) is 17.5. The summed E-state index contributed by atoms with van der Waals surface area (Å²) in [5.41, 5.74) is 2.40. The highest BCUT2D eigenvalue weighted by molar-refractivity contribution is 6.05. The molecule has 4 aromatic rings. The van der Waals surface area contributed by atoms with Crippen LogP contribution in [0.5, 0.6) is 0 Å². The predicted octanol–water partition coefficient (Wildman–Crippen LogP) is 1.74. The number of likely N-dealkylation sites (N-methyl/N-ethyl adjacent to an activating group) is 1. The molecular formula is C26H32N8O2. The zero-order valence-corrected chi connectivity index (χ0v) is 20.8. The van der Waals surface area contributed by atoms with E-state index in [0.29, 0.717) is 22.6 Å². The fraction of sp³-hybridized carbons (Fsp3) is 0.462. The molecular weight excluding hydrogens is 456 g/mol. The number of aromatic amines is 1.